The lowest BCUT2D eigenvalue weighted by Gasteiger charge is -2.50. The first-order valence-electron chi connectivity index (χ1n) is 10.1. The van der Waals surface area contributed by atoms with Gasteiger partial charge in [0.15, 0.2) is 0 Å². The van der Waals surface area contributed by atoms with Crippen molar-refractivity contribution in [3.8, 4) is 0 Å². The van der Waals surface area contributed by atoms with Gasteiger partial charge in [0.25, 0.3) is 0 Å². The van der Waals surface area contributed by atoms with Gasteiger partial charge in [0.1, 0.15) is 5.82 Å². The Labute approximate surface area is 168 Å². The van der Waals surface area contributed by atoms with Crippen molar-refractivity contribution in [2.75, 3.05) is 19.6 Å². The van der Waals surface area contributed by atoms with Crippen LogP contribution in [-0.2, 0) is 23.3 Å². The minimum Gasteiger partial charge on any atom is -0.348 e. The first kappa shape index (κ1) is 18.1. The van der Waals surface area contributed by atoms with Crippen molar-refractivity contribution in [3.63, 3.8) is 0 Å². The molecule has 1 aromatic carbocycles. The summed E-state index contributed by atoms with van der Waals surface area (Å²) in [5.41, 5.74) is 2.97. The maximum atomic E-state index is 13.4. The average molecular weight is 403 g/mol. The number of likely N-dealkylation sites (tertiary alicyclic amines) is 1. The van der Waals surface area contributed by atoms with Gasteiger partial charge < -0.3 is 9.88 Å². The molecule has 0 bridgehead atoms. The van der Waals surface area contributed by atoms with Gasteiger partial charge in [-0.3, -0.25) is 9.69 Å². The average Bonchev–Trinajstić information content (AvgIpc) is 3.43. The highest BCUT2D eigenvalue weighted by molar-refractivity contribution is 6.30. The molecular formula is C21H24ClFN4O. The molecule has 1 amide bonds. The molecular weight excluding hydrogens is 379 g/mol. The number of piperidine rings is 1. The molecule has 0 radical (unpaired) electrons. The SMILES string of the molecule is O=C(C1CC1)N1CCc2[nH]cnc2C12CCN(Cc1ccc(F)c(Cl)c1)CC2. The minimum atomic E-state index is -0.384. The van der Waals surface area contributed by atoms with Crippen molar-refractivity contribution in [2.45, 2.75) is 44.2 Å². The van der Waals surface area contributed by atoms with Crippen molar-refractivity contribution in [1.29, 1.82) is 0 Å². The predicted molar refractivity (Wildman–Crippen MR) is 104 cm³/mol. The molecule has 1 aromatic heterocycles. The van der Waals surface area contributed by atoms with Gasteiger partial charge in [0.05, 0.1) is 22.6 Å². The van der Waals surface area contributed by atoms with Crippen LogP contribution < -0.4 is 0 Å². The van der Waals surface area contributed by atoms with Gasteiger partial charge >= 0.3 is 0 Å². The van der Waals surface area contributed by atoms with Gasteiger partial charge in [-0.2, -0.15) is 0 Å². The summed E-state index contributed by atoms with van der Waals surface area (Å²) in [6.07, 6.45) is 6.42. The Balaban J connectivity index is 1.36. The highest BCUT2D eigenvalue weighted by atomic mass is 35.5. The number of rotatable bonds is 3. The first-order valence-corrected chi connectivity index (χ1v) is 10.5. The number of hydrogen-bond donors (Lipinski definition) is 1. The summed E-state index contributed by atoms with van der Waals surface area (Å²) in [4.78, 5) is 25.5. The molecule has 7 heteroatoms. The molecule has 0 atom stereocenters. The second kappa shape index (κ2) is 6.85. The van der Waals surface area contributed by atoms with E-state index in [4.69, 9.17) is 11.6 Å². The Bertz CT molecular complexity index is 902. The van der Waals surface area contributed by atoms with Crippen molar-refractivity contribution in [3.05, 3.63) is 52.3 Å². The molecule has 0 unspecified atom stereocenters. The van der Waals surface area contributed by atoms with E-state index < -0.39 is 0 Å². The largest absolute Gasteiger partial charge is 0.348 e. The molecule has 1 N–H and O–H groups in total. The molecule has 28 heavy (non-hydrogen) atoms. The molecule has 148 valence electrons. The topological polar surface area (TPSA) is 52.2 Å². The van der Waals surface area contributed by atoms with E-state index >= 15 is 0 Å². The van der Waals surface area contributed by atoms with Crippen LogP contribution in [0.1, 0.15) is 42.6 Å². The third-order valence-electron chi connectivity index (χ3n) is 6.53. The standard InChI is InChI=1S/C21H24ClFN4O/c22-16-11-14(1-4-17(16)23)12-26-9-6-21(7-10-26)19-18(24-13-25-19)5-8-27(21)20(28)15-2-3-15/h1,4,11,13,15H,2-3,5-10,12H2,(H,24,25). The van der Waals surface area contributed by atoms with E-state index in [1.54, 1.807) is 18.5 Å². The molecule has 1 saturated heterocycles. The zero-order valence-electron chi connectivity index (χ0n) is 15.8. The number of carbonyl (C=O) groups is 1. The second-order valence-corrected chi connectivity index (χ2v) is 8.71. The highest BCUT2D eigenvalue weighted by Crippen LogP contribution is 2.45. The lowest BCUT2D eigenvalue weighted by atomic mass is 9.78. The highest BCUT2D eigenvalue weighted by Gasteiger charge is 2.50. The molecule has 1 spiro atoms. The maximum absolute atomic E-state index is 13.4. The summed E-state index contributed by atoms with van der Waals surface area (Å²) >= 11 is 5.93. The second-order valence-electron chi connectivity index (χ2n) is 8.30. The quantitative estimate of drug-likeness (QED) is 0.855. The lowest BCUT2D eigenvalue weighted by molar-refractivity contribution is -0.143. The number of imidazole rings is 1. The molecule has 3 heterocycles. The van der Waals surface area contributed by atoms with Gasteiger partial charge in [0.2, 0.25) is 5.91 Å². The van der Waals surface area contributed by atoms with Crippen molar-refractivity contribution in [1.82, 2.24) is 19.8 Å². The normalized spacial score (nSPS) is 21.7. The number of aromatic amines is 1. The van der Waals surface area contributed by atoms with Gasteiger partial charge in [-0.05, 0) is 43.4 Å². The number of aromatic nitrogens is 2. The molecule has 1 saturated carbocycles. The van der Waals surface area contributed by atoms with E-state index in [1.165, 1.54) is 11.8 Å². The third-order valence-corrected chi connectivity index (χ3v) is 6.82. The summed E-state index contributed by atoms with van der Waals surface area (Å²) in [6, 6.07) is 4.92. The Morgan fingerprint density at radius 2 is 2.07 bits per heavy atom. The number of fused-ring (bicyclic) bond motifs is 2. The zero-order valence-corrected chi connectivity index (χ0v) is 16.5. The van der Waals surface area contributed by atoms with E-state index in [-0.39, 0.29) is 22.3 Å². The summed E-state index contributed by atoms with van der Waals surface area (Å²) < 4.78 is 13.4. The van der Waals surface area contributed by atoms with Crippen LogP contribution in [0.15, 0.2) is 24.5 Å². The molecule has 5 nitrogen and oxygen atoms in total. The number of halogens is 2. The van der Waals surface area contributed by atoms with Crippen LogP contribution in [0.3, 0.4) is 0 Å². The summed E-state index contributed by atoms with van der Waals surface area (Å²) in [5, 5.41) is 0.167. The molecule has 3 aliphatic rings. The number of hydrogen-bond acceptors (Lipinski definition) is 3. The Morgan fingerprint density at radius 3 is 2.79 bits per heavy atom. The predicted octanol–water partition coefficient (Wildman–Crippen LogP) is 3.49. The molecule has 2 fully saturated rings. The van der Waals surface area contributed by atoms with Crippen LogP contribution in [-0.4, -0.2) is 45.3 Å². The van der Waals surface area contributed by atoms with Gasteiger partial charge in [-0.15, -0.1) is 0 Å². The van der Waals surface area contributed by atoms with Crippen molar-refractivity contribution in [2.24, 2.45) is 5.92 Å². The lowest BCUT2D eigenvalue weighted by Crippen LogP contribution is -2.58. The third kappa shape index (κ3) is 3.03. The summed E-state index contributed by atoms with van der Waals surface area (Å²) in [6.45, 7) is 3.25. The number of H-pyrrole nitrogens is 1. The smallest absolute Gasteiger partial charge is 0.226 e. The van der Waals surface area contributed by atoms with Gasteiger partial charge in [-0.1, -0.05) is 17.7 Å². The van der Waals surface area contributed by atoms with E-state index in [0.717, 1.165) is 69.5 Å². The maximum Gasteiger partial charge on any atom is 0.226 e. The van der Waals surface area contributed by atoms with Crippen LogP contribution in [0.5, 0.6) is 0 Å². The number of benzene rings is 1. The van der Waals surface area contributed by atoms with Crippen molar-refractivity contribution >= 4 is 17.5 Å². The monoisotopic (exact) mass is 402 g/mol. The summed E-state index contributed by atoms with van der Waals surface area (Å²) in [5.74, 6) is 0.148. The van der Waals surface area contributed by atoms with Crippen LogP contribution >= 0.6 is 11.6 Å². The fourth-order valence-corrected chi connectivity index (χ4v) is 5.04. The number of nitrogens with one attached hydrogen (secondary N) is 1. The molecule has 1 aliphatic carbocycles. The van der Waals surface area contributed by atoms with Crippen LogP contribution in [0.25, 0.3) is 0 Å². The fourth-order valence-electron chi connectivity index (χ4n) is 4.83. The summed E-state index contributed by atoms with van der Waals surface area (Å²) in [7, 11) is 0. The number of amides is 1. The van der Waals surface area contributed by atoms with Crippen LogP contribution in [0.2, 0.25) is 5.02 Å². The van der Waals surface area contributed by atoms with Crippen molar-refractivity contribution < 1.29 is 9.18 Å². The van der Waals surface area contributed by atoms with E-state index in [0.29, 0.717) is 5.91 Å². The fraction of sp³-hybridized carbons (Fsp3) is 0.524. The van der Waals surface area contributed by atoms with Crippen LogP contribution in [0.4, 0.5) is 4.39 Å². The molecule has 5 rings (SSSR count). The Morgan fingerprint density at radius 1 is 1.29 bits per heavy atom. The van der Waals surface area contributed by atoms with Crippen LogP contribution in [0, 0.1) is 11.7 Å². The minimum absolute atomic E-state index is 0.167. The number of carbonyl (C=O) groups excluding carboxylic acids is 1. The Hall–Kier alpha value is -1.92. The van der Waals surface area contributed by atoms with E-state index in [9.17, 15) is 9.18 Å². The molecule has 2 aromatic rings. The van der Waals surface area contributed by atoms with Gasteiger partial charge in [-0.25, -0.2) is 9.37 Å². The Kier molecular flexibility index (Phi) is 4.43. The van der Waals surface area contributed by atoms with E-state index in [1.807, 2.05) is 0 Å². The zero-order chi connectivity index (χ0) is 19.3. The number of nitrogens with zero attached hydrogens (tertiary/aromatic N) is 3. The van der Waals surface area contributed by atoms with Gasteiger partial charge in [0, 0.05) is 44.2 Å². The van der Waals surface area contributed by atoms with E-state index in [2.05, 4.69) is 19.8 Å². The first-order chi connectivity index (χ1) is 13.6. The molecule has 2 aliphatic heterocycles.